The van der Waals surface area contributed by atoms with Gasteiger partial charge in [0.15, 0.2) is 0 Å². The third-order valence-corrected chi connectivity index (χ3v) is 4.15. The summed E-state index contributed by atoms with van der Waals surface area (Å²) in [6.45, 7) is 6.94. The molecule has 2 atom stereocenters. The zero-order valence-electron chi connectivity index (χ0n) is 11.4. The molecule has 0 unspecified atom stereocenters. The second kappa shape index (κ2) is 6.02. The maximum absolute atomic E-state index is 8.98. The van der Waals surface area contributed by atoms with Gasteiger partial charge in [-0.25, -0.2) is 0 Å². The molecule has 0 N–H and O–H groups in total. The van der Waals surface area contributed by atoms with Gasteiger partial charge in [-0.15, -0.1) is 0 Å². The van der Waals surface area contributed by atoms with Crippen molar-refractivity contribution in [2.75, 3.05) is 13.1 Å². The van der Waals surface area contributed by atoms with Gasteiger partial charge in [-0.2, -0.15) is 5.26 Å². The lowest BCUT2D eigenvalue weighted by atomic mass is 9.89. The molecule has 1 saturated heterocycles. The smallest absolute Gasteiger partial charge is 0.0991 e. The molecule has 2 nitrogen and oxygen atoms in total. The van der Waals surface area contributed by atoms with E-state index in [2.05, 4.69) is 36.9 Å². The summed E-state index contributed by atoms with van der Waals surface area (Å²) in [5, 5.41) is 8.98. The second-order valence-corrected chi connectivity index (χ2v) is 5.33. The average molecular weight is 242 g/mol. The van der Waals surface area contributed by atoms with E-state index in [4.69, 9.17) is 5.26 Å². The Bertz CT molecular complexity index is 433. The number of nitriles is 1. The molecule has 0 saturated carbocycles. The van der Waals surface area contributed by atoms with Crippen molar-refractivity contribution in [2.45, 2.75) is 45.1 Å². The monoisotopic (exact) mass is 242 g/mol. The van der Waals surface area contributed by atoms with Crippen LogP contribution < -0.4 is 0 Å². The van der Waals surface area contributed by atoms with E-state index in [9.17, 15) is 0 Å². The fraction of sp³-hybridized carbons (Fsp3) is 0.562. The highest BCUT2D eigenvalue weighted by molar-refractivity contribution is 5.34. The van der Waals surface area contributed by atoms with E-state index in [1.165, 1.54) is 31.4 Å². The van der Waals surface area contributed by atoms with Crippen molar-refractivity contribution < 1.29 is 0 Å². The third kappa shape index (κ3) is 2.91. The van der Waals surface area contributed by atoms with Gasteiger partial charge >= 0.3 is 0 Å². The van der Waals surface area contributed by atoms with Gasteiger partial charge in [0.25, 0.3) is 0 Å². The minimum atomic E-state index is 0.598. The summed E-state index contributed by atoms with van der Waals surface area (Å²) in [6, 6.07) is 11.0. The molecular formula is C16H22N2. The predicted molar refractivity (Wildman–Crippen MR) is 74.5 cm³/mol. The fourth-order valence-electron chi connectivity index (χ4n) is 2.80. The summed E-state index contributed by atoms with van der Waals surface area (Å²) < 4.78 is 0. The fourth-order valence-corrected chi connectivity index (χ4v) is 2.80. The lowest BCUT2D eigenvalue weighted by Gasteiger charge is -2.36. The van der Waals surface area contributed by atoms with Crippen LogP contribution in [0, 0.1) is 11.3 Å². The van der Waals surface area contributed by atoms with Crippen LogP contribution in [-0.4, -0.2) is 24.0 Å². The van der Waals surface area contributed by atoms with Gasteiger partial charge in [-0.3, -0.25) is 0 Å². The quantitative estimate of drug-likeness (QED) is 0.810. The SMILES string of the molecule is CC[C@@H](C)N1CCC[C@@H](c2cccc(C#N)c2)C1. The van der Waals surface area contributed by atoms with Gasteiger partial charge in [-0.1, -0.05) is 19.1 Å². The molecule has 0 amide bonds. The molecule has 1 fully saturated rings. The highest BCUT2D eigenvalue weighted by Gasteiger charge is 2.23. The summed E-state index contributed by atoms with van der Waals surface area (Å²) in [4.78, 5) is 2.59. The summed E-state index contributed by atoms with van der Waals surface area (Å²) in [5.41, 5.74) is 2.12. The largest absolute Gasteiger partial charge is 0.300 e. The van der Waals surface area contributed by atoms with Gasteiger partial charge in [0, 0.05) is 12.6 Å². The van der Waals surface area contributed by atoms with Gasteiger partial charge in [0.2, 0.25) is 0 Å². The summed E-state index contributed by atoms with van der Waals surface area (Å²) >= 11 is 0. The average Bonchev–Trinajstić information content (AvgIpc) is 2.46. The van der Waals surface area contributed by atoms with Crippen LogP contribution in [0.3, 0.4) is 0 Å². The zero-order chi connectivity index (χ0) is 13.0. The molecule has 2 heteroatoms. The van der Waals surface area contributed by atoms with E-state index < -0.39 is 0 Å². The van der Waals surface area contributed by atoms with Crippen LogP contribution in [-0.2, 0) is 0 Å². The molecule has 1 heterocycles. The molecule has 96 valence electrons. The Hall–Kier alpha value is -1.33. The molecule has 1 aromatic carbocycles. The Morgan fingerprint density at radius 2 is 2.33 bits per heavy atom. The lowest BCUT2D eigenvalue weighted by Crippen LogP contribution is -2.40. The Kier molecular flexibility index (Phi) is 4.38. The van der Waals surface area contributed by atoms with Crippen molar-refractivity contribution in [1.82, 2.24) is 4.90 Å². The van der Waals surface area contributed by atoms with E-state index in [1.807, 2.05) is 12.1 Å². The Labute approximate surface area is 110 Å². The molecule has 1 aliphatic heterocycles. The molecule has 0 aromatic heterocycles. The Morgan fingerprint density at radius 1 is 1.50 bits per heavy atom. The van der Waals surface area contributed by atoms with Crippen LogP contribution in [0.1, 0.15) is 50.2 Å². The van der Waals surface area contributed by atoms with Crippen LogP contribution in [0.15, 0.2) is 24.3 Å². The molecule has 18 heavy (non-hydrogen) atoms. The molecule has 0 bridgehead atoms. The van der Waals surface area contributed by atoms with Crippen LogP contribution in [0.2, 0.25) is 0 Å². The number of nitrogens with zero attached hydrogens (tertiary/aromatic N) is 2. The number of likely N-dealkylation sites (tertiary alicyclic amines) is 1. The number of hydrogen-bond acceptors (Lipinski definition) is 2. The highest BCUT2D eigenvalue weighted by Crippen LogP contribution is 2.28. The van der Waals surface area contributed by atoms with Crippen LogP contribution in [0.4, 0.5) is 0 Å². The topological polar surface area (TPSA) is 27.0 Å². The minimum absolute atomic E-state index is 0.598. The second-order valence-electron chi connectivity index (χ2n) is 5.33. The van der Waals surface area contributed by atoms with Crippen LogP contribution in [0.5, 0.6) is 0 Å². The first kappa shape index (κ1) is 13.1. The molecule has 0 aliphatic carbocycles. The maximum atomic E-state index is 8.98. The molecule has 1 aromatic rings. The van der Waals surface area contributed by atoms with Crippen molar-refractivity contribution in [3.63, 3.8) is 0 Å². The predicted octanol–water partition coefficient (Wildman–Crippen LogP) is 3.54. The van der Waals surface area contributed by atoms with Crippen molar-refractivity contribution in [3.05, 3.63) is 35.4 Å². The van der Waals surface area contributed by atoms with Gasteiger partial charge in [0.05, 0.1) is 11.6 Å². The number of hydrogen-bond donors (Lipinski definition) is 0. The van der Waals surface area contributed by atoms with E-state index in [-0.39, 0.29) is 0 Å². The van der Waals surface area contributed by atoms with Crippen molar-refractivity contribution >= 4 is 0 Å². The van der Waals surface area contributed by atoms with Crippen LogP contribution in [0.25, 0.3) is 0 Å². The van der Waals surface area contributed by atoms with Crippen molar-refractivity contribution in [1.29, 1.82) is 5.26 Å². The van der Waals surface area contributed by atoms with Gasteiger partial charge in [-0.05, 0) is 56.3 Å². The van der Waals surface area contributed by atoms with Crippen LogP contribution >= 0.6 is 0 Å². The van der Waals surface area contributed by atoms with E-state index in [1.54, 1.807) is 0 Å². The van der Waals surface area contributed by atoms with E-state index in [0.717, 1.165) is 12.1 Å². The summed E-state index contributed by atoms with van der Waals surface area (Å²) in [6.07, 6.45) is 3.73. The maximum Gasteiger partial charge on any atom is 0.0991 e. The summed E-state index contributed by atoms with van der Waals surface area (Å²) in [7, 11) is 0. The molecule has 0 spiro atoms. The van der Waals surface area contributed by atoms with Crippen molar-refractivity contribution in [3.8, 4) is 6.07 Å². The van der Waals surface area contributed by atoms with E-state index in [0.29, 0.717) is 12.0 Å². The molecule has 0 radical (unpaired) electrons. The molecule has 1 aliphatic rings. The Morgan fingerprint density at radius 3 is 3.06 bits per heavy atom. The normalized spacial score (nSPS) is 22.4. The van der Waals surface area contributed by atoms with Gasteiger partial charge in [0.1, 0.15) is 0 Å². The third-order valence-electron chi connectivity index (χ3n) is 4.15. The zero-order valence-corrected chi connectivity index (χ0v) is 11.4. The Balaban J connectivity index is 2.10. The molecule has 2 rings (SSSR count). The standard InChI is InChI=1S/C16H22N2/c1-3-13(2)18-9-5-8-16(12-18)15-7-4-6-14(10-15)11-17/h4,6-7,10,13,16H,3,5,8-9,12H2,1-2H3/t13-,16-/m1/s1. The highest BCUT2D eigenvalue weighted by atomic mass is 15.2. The number of benzene rings is 1. The first-order valence-electron chi connectivity index (χ1n) is 6.98. The first-order chi connectivity index (χ1) is 8.74. The number of piperidine rings is 1. The van der Waals surface area contributed by atoms with Crippen molar-refractivity contribution in [2.24, 2.45) is 0 Å². The minimum Gasteiger partial charge on any atom is -0.300 e. The first-order valence-corrected chi connectivity index (χ1v) is 6.98. The molecular weight excluding hydrogens is 220 g/mol. The number of rotatable bonds is 3. The van der Waals surface area contributed by atoms with E-state index >= 15 is 0 Å². The van der Waals surface area contributed by atoms with Gasteiger partial charge < -0.3 is 4.90 Å². The summed E-state index contributed by atoms with van der Waals surface area (Å²) in [5.74, 6) is 0.598. The lowest BCUT2D eigenvalue weighted by molar-refractivity contribution is 0.154.